The minimum absolute atomic E-state index is 0.00740. The highest BCUT2D eigenvalue weighted by Crippen LogP contribution is 2.30. The van der Waals surface area contributed by atoms with Crippen LogP contribution in [0.3, 0.4) is 0 Å². The van der Waals surface area contributed by atoms with E-state index in [2.05, 4.69) is 5.32 Å². The molecule has 1 aromatic rings. The lowest BCUT2D eigenvalue weighted by Crippen LogP contribution is -2.34. The highest BCUT2D eigenvalue weighted by atomic mass is 35.5. The Hall–Kier alpha value is -1.42. The molecule has 1 rings (SSSR count). The van der Waals surface area contributed by atoms with Gasteiger partial charge in [0.1, 0.15) is 11.4 Å². The van der Waals surface area contributed by atoms with Gasteiger partial charge in [-0.25, -0.2) is 4.79 Å². The van der Waals surface area contributed by atoms with Crippen LogP contribution in [0.15, 0.2) is 18.2 Å². The van der Waals surface area contributed by atoms with Crippen LogP contribution in [0.25, 0.3) is 0 Å². The molecule has 2 N–H and O–H groups in total. The smallest absolute Gasteiger partial charge is 0.408 e. The average Bonchev–Trinajstić information content (AvgIpc) is 2.18. The summed E-state index contributed by atoms with van der Waals surface area (Å²) in [5.74, 6) is -0.00740. The molecular formula is C13H18ClNO3. The van der Waals surface area contributed by atoms with Crippen molar-refractivity contribution in [2.45, 2.75) is 39.3 Å². The molecular weight excluding hydrogens is 254 g/mol. The standard InChI is InChI=1S/C13H18ClNO3/c1-8(15-12(17)18-13(2,3)4)9-6-5-7-10(16)11(9)14/h5-8,16H,1-4H3,(H,15,17). The molecule has 0 aliphatic rings. The molecule has 100 valence electrons. The summed E-state index contributed by atoms with van der Waals surface area (Å²) >= 11 is 5.96. The minimum Gasteiger partial charge on any atom is -0.506 e. The molecule has 0 radical (unpaired) electrons. The number of phenolic OH excluding ortho intramolecular Hbond substituents is 1. The van der Waals surface area contributed by atoms with Crippen molar-refractivity contribution >= 4 is 17.7 Å². The van der Waals surface area contributed by atoms with Gasteiger partial charge < -0.3 is 15.2 Å². The van der Waals surface area contributed by atoms with Crippen molar-refractivity contribution in [3.63, 3.8) is 0 Å². The third-order valence-corrected chi connectivity index (χ3v) is 2.62. The number of ether oxygens (including phenoxy) is 1. The second-order valence-electron chi connectivity index (χ2n) is 5.05. The first kappa shape index (κ1) is 14.6. The van der Waals surface area contributed by atoms with E-state index in [0.717, 1.165) is 0 Å². The third kappa shape index (κ3) is 4.11. The number of benzene rings is 1. The summed E-state index contributed by atoms with van der Waals surface area (Å²) in [5, 5.41) is 12.4. The number of phenols is 1. The SMILES string of the molecule is CC(NC(=O)OC(C)(C)C)c1cccc(O)c1Cl. The van der Waals surface area contributed by atoms with Crippen LogP contribution in [0.4, 0.5) is 4.79 Å². The van der Waals surface area contributed by atoms with Gasteiger partial charge in [-0.05, 0) is 39.3 Å². The molecule has 1 unspecified atom stereocenters. The van der Waals surface area contributed by atoms with Gasteiger partial charge in [-0.1, -0.05) is 23.7 Å². The van der Waals surface area contributed by atoms with E-state index in [1.807, 2.05) is 0 Å². The van der Waals surface area contributed by atoms with Crippen molar-refractivity contribution in [1.29, 1.82) is 0 Å². The first-order valence-corrected chi connectivity index (χ1v) is 6.05. The topological polar surface area (TPSA) is 58.6 Å². The lowest BCUT2D eigenvalue weighted by Gasteiger charge is -2.22. The molecule has 1 amide bonds. The third-order valence-electron chi connectivity index (χ3n) is 2.21. The Bertz CT molecular complexity index is 440. The number of nitrogens with one attached hydrogen (secondary N) is 1. The van der Waals surface area contributed by atoms with E-state index in [1.165, 1.54) is 6.07 Å². The minimum atomic E-state index is -0.549. The largest absolute Gasteiger partial charge is 0.506 e. The summed E-state index contributed by atoms with van der Waals surface area (Å²) in [5.41, 5.74) is 0.0920. The van der Waals surface area contributed by atoms with Crippen molar-refractivity contribution < 1.29 is 14.6 Å². The van der Waals surface area contributed by atoms with Crippen LogP contribution < -0.4 is 5.32 Å². The highest BCUT2D eigenvalue weighted by molar-refractivity contribution is 6.32. The maximum Gasteiger partial charge on any atom is 0.408 e. The van der Waals surface area contributed by atoms with Gasteiger partial charge in [0.2, 0.25) is 0 Å². The normalized spacial score (nSPS) is 12.9. The summed E-state index contributed by atoms with van der Waals surface area (Å²) in [7, 11) is 0. The Kier molecular flexibility index (Phi) is 4.46. The number of halogens is 1. The van der Waals surface area contributed by atoms with E-state index in [4.69, 9.17) is 16.3 Å². The molecule has 0 fully saturated rings. The van der Waals surface area contributed by atoms with Gasteiger partial charge in [0, 0.05) is 0 Å². The predicted molar refractivity (Wildman–Crippen MR) is 70.9 cm³/mol. The van der Waals surface area contributed by atoms with Gasteiger partial charge >= 0.3 is 6.09 Å². The van der Waals surface area contributed by atoms with Crippen LogP contribution in [0, 0.1) is 0 Å². The molecule has 0 heterocycles. The van der Waals surface area contributed by atoms with Gasteiger partial charge in [-0.15, -0.1) is 0 Å². The maximum absolute atomic E-state index is 11.6. The Labute approximate surface area is 112 Å². The fraction of sp³-hybridized carbons (Fsp3) is 0.462. The van der Waals surface area contributed by atoms with E-state index in [1.54, 1.807) is 39.8 Å². The summed E-state index contributed by atoms with van der Waals surface area (Å²) in [6.07, 6.45) is -0.519. The van der Waals surface area contributed by atoms with Gasteiger partial charge in [0.05, 0.1) is 11.1 Å². The van der Waals surface area contributed by atoms with Crippen molar-refractivity contribution in [3.8, 4) is 5.75 Å². The fourth-order valence-electron chi connectivity index (χ4n) is 1.43. The highest BCUT2D eigenvalue weighted by Gasteiger charge is 2.19. The summed E-state index contributed by atoms with van der Waals surface area (Å²) in [4.78, 5) is 11.6. The molecule has 0 aliphatic carbocycles. The number of aromatic hydroxyl groups is 1. The number of carbonyl (C=O) groups is 1. The molecule has 1 aromatic carbocycles. The van der Waals surface area contributed by atoms with Gasteiger partial charge in [0.15, 0.2) is 0 Å². The Morgan fingerprint density at radius 2 is 2.06 bits per heavy atom. The van der Waals surface area contributed by atoms with Crippen LogP contribution in [0.2, 0.25) is 5.02 Å². The molecule has 0 aromatic heterocycles. The Morgan fingerprint density at radius 1 is 1.44 bits per heavy atom. The van der Waals surface area contributed by atoms with Crippen molar-refractivity contribution in [1.82, 2.24) is 5.32 Å². The van der Waals surface area contributed by atoms with Crippen molar-refractivity contribution in [2.24, 2.45) is 0 Å². The molecule has 1 atom stereocenters. The average molecular weight is 272 g/mol. The first-order chi connectivity index (χ1) is 8.20. The molecule has 0 bridgehead atoms. The van der Waals surface area contributed by atoms with E-state index in [9.17, 15) is 9.90 Å². The number of hydrogen-bond acceptors (Lipinski definition) is 3. The van der Waals surface area contributed by atoms with Crippen molar-refractivity contribution in [3.05, 3.63) is 28.8 Å². The van der Waals surface area contributed by atoms with E-state index in [0.29, 0.717) is 5.56 Å². The second-order valence-corrected chi connectivity index (χ2v) is 5.43. The van der Waals surface area contributed by atoms with E-state index < -0.39 is 11.7 Å². The van der Waals surface area contributed by atoms with E-state index >= 15 is 0 Å². The zero-order valence-corrected chi connectivity index (χ0v) is 11.7. The number of alkyl carbamates (subject to hydrolysis) is 1. The predicted octanol–water partition coefficient (Wildman–Crippen LogP) is 3.63. The van der Waals surface area contributed by atoms with Crippen LogP contribution in [0.1, 0.15) is 39.3 Å². The molecule has 18 heavy (non-hydrogen) atoms. The lowest BCUT2D eigenvalue weighted by atomic mass is 10.1. The zero-order chi connectivity index (χ0) is 13.9. The quantitative estimate of drug-likeness (QED) is 0.863. The van der Waals surface area contributed by atoms with Crippen LogP contribution in [0.5, 0.6) is 5.75 Å². The van der Waals surface area contributed by atoms with Gasteiger partial charge in [-0.3, -0.25) is 0 Å². The first-order valence-electron chi connectivity index (χ1n) is 5.67. The number of hydrogen-bond donors (Lipinski definition) is 2. The van der Waals surface area contributed by atoms with Crippen LogP contribution in [-0.4, -0.2) is 16.8 Å². The summed E-state index contributed by atoms with van der Waals surface area (Å²) in [6, 6.07) is 4.55. The van der Waals surface area contributed by atoms with E-state index in [-0.39, 0.29) is 16.8 Å². The Morgan fingerprint density at radius 3 is 2.61 bits per heavy atom. The van der Waals surface area contributed by atoms with Gasteiger partial charge in [-0.2, -0.15) is 0 Å². The second kappa shape index (κ2) is 5.48. The monoisotopic (exact) mass is 271 g/mol. The summed E-state index contributed by atoms with van der Waals surface area (Å²) in [6.45, 7) is 7.14. The molecule has 0 aliphatic heterocycles. The number of amides is 1. The lowest BCUT2D eigenvalue weighted by molar-refractivity contribution is 0.0508. The number of rotatable bonds is 2. The van der Waals surface area contributed by atoms with Crippen molar-refractivity contribution in [2.75, 3.05) is 0 Å². The number of carbonyl (C=O) groups excluding carboxylic acids is 1. The zero-order valence-electron chi connectivity index (χ0n) is 11.0. The molecule has 0 saturated heterocycles. The van der Waals surface area contributed by atoms with Crippen LogP contribution in [-0.2, 0) is 4.74 Å². The Balaban J connectivity index is 2.74. The fourth-order valence-corrected chi connectivity index (χ4v) is 1.72. The molecule has 4 nitrogen and oxygen atoms in total. The molecule has 0 spiro atoms. The molecule has 5 heteroatoms. The maximum atomic E-state index is 11.6. The van der Waals surface area contributed by atoms with Gasteiger partial charge in [0.25, 0.3) is 0 Å². The van der Waals surface area contributed by atoms with Crippen LogP contribution >= 0.6 is 11.6 Å². The molecule has 0 saturated carbocycles. The summed E-state index contributed by atoms with van der Waals surface area (Å²) < 4.78 is 5.14.